The van der Waals surface area contributed by atoms with Gasteiger partial charge >= 0.3 is 0 Å². The zero-order chi connectivity index (χ0) is 12.3. The van der Waals surface area contributed by atoms with Gasteiger partial charge in [-0.2, -0.15) is 0 Å². The number of aliphatic hydroxyl groups excluding tert-OH is 1. The second-order valence-corrected chi connectivity index (χ2v) is 5.17. The highest BCUT2D eigenvalue weighted by atomic mass is 16.3. The molecule has 2 nitrogen and oxygen atoms in total. The molecule has 1 heterocycles. The van der Waals surface area contributed by atoms with Gasteiger partial charge in [0.25, 0.3) is 0 Å². The Labute approximate surface area is 104 Å². The van der Waals surface area contributed by atoms with Crippen LogP contribution in [0.2, 0.25) is 0 Å². The van der Waals surface area contributed by atoms with E-state index in [2.05, 4.69) is 30.9 Å². The molecule has 1 aromatic carbocycles. The molecule has 0 amide bonds. The van der Waals surface area contributed by atoms with Gasteiger partial charge in [-0.05, 0) is 43.9 Å². The third kappa shape index (κ3) is 2.81. The van der Waals surface area contributed by atoms with E-state index in [1.165, 1.54) is 43.5 Å². The van der Waals surface area contributed by atoms with Crippen molar-refractivity contribution in [2.75, 3.05) is 11.4 Å². The van der Waals surface area contributed by atoms with Crippen molar-refractivity contribution in [3.05, 3.63) is 29.3 Å². The monoisotopic (exact) mass is 233 g/mol. The Kier molecular flexibility index (Phi) is 4.06. The van der Waals surface area contributed by atoms with Gasteiger partial charge in [0.15, 0.2) is 0 Å². The molecule has 0 saturated carbocycles. The molecule has 1 aliphatic heterocycles. The molecule has 0 radical (unpaired) electrons. The largest absolute Gasteiger partial charge is 0.392 e. The van der Waals surface area contributed by atoms with Gasteiger partial charge in [-0.25, -0.2) is 0 Å². The Morgan fingerprint density at radius 1 is 1.29 bits per heavy atom. The maximum Gasteiger partial charge on any atom is 0.0681 e. The lowest BCUT2D eigenvalue weighted by Crippen LogP contribution is -2.32. The van der Waals surface area contributed by atoms with E-state index in [0.717, 1.165) is 5.56 Å². The molecule has 1 N–H and O–H groups in total. The predicted molar refractivity (Wildman–Crippen MR) is 72.4 cm³/mol. The fraction of sp³-hybridized carbons (Fsp3) is 0.600. The third-order valence-electron chi connectivity index (χ3n) is 3.81. The predicted octanol–water partition coefficient (Wildman–Crippen LogP) is 3.26. The zero-order valence-corrected chi connectivity index (χ0v) is 10.9. The summed E-state index contributed by atoms with van der Waals surface area (Å²) in [6.07, 6.45) is 5.30. The Hall–Kier alpha value is -1.02. The maximum atomic E-state index is 9.15. The first kappa shape index (κ1) is 12.4. The van der Waals surface area contributed by atoms with Gasteiger partial charge in [-0.15, -0.1) is 0 Å². The summed E-state index contributed by atoms with van der Waals surface area (Å²) in [4.78, 5) is 2.53. The van der Waals surface area contributed by atoms with E-state index >= 15 is 0 Å². The molecule has 1 unspecified atom stereocenters. The van der Waals surface area contributed by atoms with E-state index in [-0.39, 0.29) is 6.61 Å². The van der Waals surface area contributed by atoms with Gasteiger partial charge in [0.05, 0.1) is 6.61 Å². The summed E-state index contributed by atoms with van der Waals surface area (Å²) < 4.78 is 0. The van der Waals surface area contributed by atoms with Gasteiger partial charge in [0.2, 0.25) is 0 Å². The van der Waals surface area contributed by atoms with E-state index in [9.17, 15) is 0 Å². The number of benzene rings is 1. The number of hydrogen-bond acceptors (Lipinski definition) is 2. The third-order valence-corrected chi connectivity index (χ3v) is 3.81. The molecular formula is C15H23NO. The van der Waals surface area contributed by atoms with E-state index < -0.39 is 0 Å². The number of hydrogen-bond donors (Lipinski definition) is 1. The Morgan fingerprint density at radius 3 is 2.82 bits per heavy atom. The standard InChI is InChI=1S/C15H23NO/c1-12-10-14(11-17)7-8-15(12)16-9-5-3-4-6-13(16)2/h7-8,10,13,17H,3-6,9,11H2,1-2H3. The van der Waals surface area contributed by atoms with Crippen LogP contribution in [0.3, 0.4) is 0 Å². The topological polar surface area (TPSA) is 23.5 Å². The van der Waals surface area contributed by atoms with Crippen LogP contribution in [0.1, 0.15) is 43.7 Å². The summed E-state index contributed by atoms with van der Waals surface area (Å²) in [5.74, 6) is 0. The minimum atomic E-state index is 0.136. The Bertz CT molecular complexity index is 375. The summed E-state index contributed by atoms with van der Waals surface area (Å²) in [5, 5.41) is 9.15. The molecule has 1 atom stereocenters. The van der Waals surface area contributed by atoms with Gasteiger partial charge < -0.3 is 10.0 Å². The first-order valence-electron chi connectivity index (χ1n) is 6.69. The van der Waals surface area contributed by atoms with Crippen molar-refractivity contribution >= 4 is 5.69 Å². The van der Waals surface area contributed by atoms with Crippen LogP contribution in [0.4, 0.5) is 5.69 Å². The molecule has 0 aliphatic carbocycles. The lowest BCUT2D eigenvalue weighted by Gasteiger charge is -2.31. The van der Waals surface area contributed by atoms with Crippen LogP contribution >= 0.6 is 0 Å². The van der Waals surface area contributed by atoms with Crippen LogP contribution in [-0.4, -0.2) is 17.7 Å². The Balaban J connectivity index is 2.25. The molecule has 1 aromatic rings. The van der Waals surface area contributed by atoms with E-state index in [1.54, 1.807) is 0 Å². The summed E-state index contributed by atoms with van der Waals surface area (Å²) in [7, 11) is 0. The van der Waals surface area contributed by atoms with Crippen molar-refractivity contribution in [2.24, 2.45) is 0 Å². The number of aryl methyl sites for hydroxylation is 1. The van der Waals surface area contributed by atoms with Crippen molar-refractivity contribution < 1.29 is 5.11 Å². The quantitative estimate of drug-likeness (QED) is 0.847. The van der Waals surface area contributed by atoms with E-state index in [0.29, 0.717) is 6.04 Å². The fourth-order valence-corrected chi connectivity index (χ4v) is 2.77. The molecule has 17 heavy (non-hydrogen) atoms. The molecule has 2 heteroatoms. The van der Waals surface area contributed by atoms with Crippen LogP contribution in [0.15, 0.2) is 18.2 Å². The SMILES string of the molecule is Cc1cc(CO)ccc1N1CCCCCC1C. The normalized spacial score (nSPS) is 21.4. The number of anilines is 1. The van der Waals surface area contributed by atoms with Crippen LogP contribution in [0.5, 0.6) is 0 Å². The van der Waals surface area contributed by atoms with Crippen molar-refractivity contribution in [1.82, 2.24) is 0 Å². The highest BCUT2D eigenvalue weighted by Gasteiger charge is 2.18. The lowest BCUT2D eigenvalue weighted by atomic mass is 10.1. The second-order valence-electron chi connectivity index (χ2n) is 5.17. The first-order chi connectivity index (χ1) is 8.22. The minimum Gasteiger partial charge on any atom is -0.392 e. The number of nitrogens with zero attached hydrogens (tertiary/aromatic N) is 1. The number of aliphatic hydroxyl groups is 1. The second kappa shape index (κ2) is 5.54. The fourth-order valence-electron chi connectivity index (χ4n) is 2.77. The highest BCUT2D eigenvalue weighted by Crippen LogP contribution is 2.27. The molecular weight excluding hydrogens is 210 g/mol. The smallest absolute Gasteiger partial charge is 0.0681 e. The van der Waals surface area contributed by atoms with E-state index in [1.807, 2.05) is 6.07 Å². The molecule has 1 fully saturated rings. The van der Waals surface area contributed by atoms with Crippen LogP contribution in [0.25, 0.3) is 0 Å². The van der Waals surface area contributed by atoms with Gasteiger partial charge in [0, 0.05) is 18.3 Å². The minimum absolute atomic E-state index is 0.136. The van der Waals surface area contributed by atoms with Crippen LogP contribution in [0, 0.1) is 6.92 Å². The van der Waals surface area contributed by atoms with Crippen LogP contribution in [-0.2, 0) is 6.61 Å². The molecule has 1 aliphatic rings. The lowest BCUT2D eigenvalue weighted by molar-refractivity contribution is 0.282. The summed E-state index contributed by atoms with van der Waals surface area (Å²) in [6, 6.07) is 6.95. The molecule has 1 saturated heterocycles. The highest BCUT2D eigenvalue weighted by molar-refractivity contribution is 5.55. The average Bonchev–Trinajstić information content (AvgIpc) is 2.54. The van der Waals surface area contributed by atoms with Gasteiger partial charge in [0.1, 0.15) is 0 Å². The van der Waals surface area contributed by atoms with Crippen molar-refractivity contribution in [2.45, 2.75) is 52.2 Å². The van der Waals surface area contributed by atoms with Crippen molar-refractivity contribution in [1.29, 1.82) is 0 Å². The first-order valence-corrected chi connectivity index (χ1v) is 6.69. The summed E-state index contributed by atoms with van der Waals surface area (Å²) in [6.45, 7) is 5.77. The Morgan fingerprint density at radius 2 is 2.12 bits per heavy atom. The molecule has 2 rings (SSSR count). The molecule has 0 aromatic heterocycles. The number of rotatable bonds is 2. The average molecular weight is 233 g/mol. The molecule has 0 bridgehead atoms. The van der Waals surface area contributed by atoms with E-state index in [4.69, 9.17) is 5.11 Å². The van der Waals surface area contributed by atoms with Gasteiger partial charge in [-0.3, -0.25) is 0 Å². The van der Waals surface area contributed by atoms with Crippen molar-refractivity contribution in [3.8, 4) is 0 Å². The summed E-state index contributed by atoms with van der Waals surface area (Å²) in [5.41, 5.74) is 3.63. The molecule has 0 spiro atoms. The van der Waals surface area contributed by atoms with Crippen molar-refractivity contribution in [3.63, 3.8) is 0 Å². The summed E-state index contributed by atoms with van der Waals surface area (Å²) >= 11 is 0. The molecule has 94 valence electrons. The van der Waals surface area contributed by atoms with Crippen LogP contribution < -0.4 is 4.90 Å². The van der Waals surface area contributed by atoms with Gasteiger partial charge in [-0.1, -0.05) is 25.0 Å². The maximum absolute atomic E-state index is 9.15. The zero-order valence-electron chi connectivity index (χ0n) is 10.9.